The molecule has 0 aromatic carbocycles. The van der Waals surface area contributed by atoms with Gasteiger partial charge in [-0.25, -0.2) is 8.42 Å². The molecule has 0 aromatic heterocycles. The quantitative estimate of drug-likeness (QED) is 0.792. The van der Waals surface area contributed by atoms with E-state index >= 15 is 0 Å². The zero-order chi connectivity index (χ0) is 16.1. The summed E-state index contributed by atoms with van der Waals surface area (Å²) in [5.74, 6) is -0.306. The molecule has 0 spiro atoms. The number of hydrogen-bond acceptors (Lipinski definition) is 4. The average Bonchev–Trinajstić information content (AvgIpc) is 3.20. The summed E-state index contributed by atoms with van der Waals surface area (Å²) < 4.78 is 23.5. The molecule has 6 nitrogen and oxygen atoms in total. The van der Waals surface area contributed by atoms with Gasteiger partial charge in [0.15, 0.2) is 9.84 Å². The van der Waals surface area contributed by atoms with Crippen LogP contribution >= 0.6 is 0 Å². The maximum absolute atomic E-state index is 12.7. The molecule has 1 unspecified atom stereocenters. The highest BCUT2D eigenvalue weighted by molar-refractivity contribution is 7.91. The van der Waals surface area contributed by atoms with Crippen molar-refractivity contribution in [3.63, 3.8) is 0 Å². The van der Waals surface area contributed by atoms with Crippen LogP contribution in [0.3, 0.4) is 0 Å². The van der Waals surface area contributed by atoms with E-state index in [9.17, 15) is 18.0 Å². The number of sulfone groups is 1. The maximum atomic E-state index is 12.7. The lowest BCUT2D eigenvalue weighted by molar-refractivity contribution is -0.161. The topological polar surface area (TPSA) is 83.6 Å². The van der Waals surface area contributed by atoms with E-state index in [-0.39, 0.29) is 35.8 Å². The first kappa shape index (κ1) is 16.3. The first-order chi connectivity index (χ1) is 9.54. The summed E-state index contributed by atoms with van der Waals surface area (Å²) in [5.41, 5.74) is -1.91. The van der Waals surface area contributed by atoms with E-state index in [1.807, 2.05) is 0 Å². The molecule has 21 heavy (non-hydrogen) atoms. The second-order valence-electron chi connectivity index (χ2n) is 6.69. The summed E-state index contributed by atoms with van der Waals surface area (Å²) >= 11 is 0. The third kappa shape index (κ3) is 2.80. The van der Waals surface area contributed by atoms with Gasteiger partial charge in [-0.05, 0) is 39.5 Å². The lowest BCUT2D eigenvalue weighted by atomic mass is 9.84. The van der Waals surface area contributed by atoms with Crippen LogP contribution < -0.4 is 5.32 Å². The van der Waals surface area contributed by atoms with E-state index in [1.54, 1.807) is 27.7 Å². The highest BCUT2D eigenvalue weighted by atomic mass is 32.2. The van der Waals surface area contributed by atoms with Gasteiger partial charge in [0.1, 0.15) is 11.1 Å². The molecule has 2 fully saturated rings. The molecule has 2 rings (SSSR count). The first-order valence-electron chi connectivity index (χ1n) is 7.39. The van der Waals surface area contributed by atoms with Crippen LogP contribution in [0.1, 0.15) is 40.5 Å². The third-order valence-electron chi connectivity index (χ3n) is 4.66. The average molecular weight is 316 g/mol. The van der Waals surface area contributed by atoms with Gasteiger partial charge in [0, 0.05) is 12.3 Å². The van der Waals surface area contributed by atoms with E-state index in [0.29, 0.717) is 0 Å². The van der Waals surface area contributed by atoms with Crippen LogP contribution in [0, 0.1) is 5.92 Å². The molecule has 2 aliphatic rings. The van der Waals surface area contributed by atoms with Gasteiger partial charge in [0.25, 0.3) is 0 Å². The van der Waals surface area contributed by atoms with Crippen LogP contribution in [-0.4, -0.2) is 54.3 Å². The number of nitrogens with zero attached hydrogens (tertiary/aromatic N) is 1. The Labute approximate surface area is 126 Å². The largest absolute Gasteiger partial charge is 0.340 e. The van der Waals surface area contributed by atoms with Gasteiger partial charge >= 0.3 is 0 Å². The van der Waals surface area contributed by atoms with Gasteiger partial charge in [-0.3, -0.25) is 9.59 Å². The highest BCUT2D eigenvalue weighted by Crippen LogP contribution is 2.45. The smallest absolute Gasteiger partial charge is 0.248 e. The number of hydrogen-bond donors (Lipinski definition) is 1. The summed E-state index contributed by atoms with van der Waals surface area (Å²) in [6.07, 6.45) is 1.79. The minimum absolute atomic E-state index is 0.0464. The van der Waals surface area contributed by atoms with Gasteiger partial charge in [-0.1, -0.05) is 6.92 Å². The second-order valence-corrected chi connectivity index (χ2v) is 9.17. The standard InChI is InChI=1S/C14H24N2O4S/c1-5-21(19,20)9-8-16-12(18)13(2,3)15-11(17)14(16,4)10-6-7-10/h10H,5-9H2,1-4H3,(H,15,17). The summed E-state index contributed by atoms with van der Waals surface area (Å²) in [4.78, 5) is 26.7. The fraction of sp³-hybridized carbons (Fsp3) is 0.857. The van der Waals surface area contributed by atoms with Gasteiger partial charge in [-0.2, -0.15) is 0 Å². The van der Waals surface area contributed by atoms with Crippen LogP contribution in [0.5, 0.6) is 0 Å². The fourth-order valence-electron chi connectivity index (χ4n) is 2.89. The van der Waals surface area contributed by atoms with Crippen molar-refractivity contribution in [3.05, 3.63) is 0 Å². The fourth-order valence-corrected chi connectivity index (χ4v) is 3.64. The Hall–Kier alpha value is -1.11. The number of carbonyl (C=O) groups excluding carboxylic acids is 2. The molecule has 1 atom stereocenters. The van der Waals surface area contributed by atoms with E-state index in [1.165, 1.54) is 4.90 Å². The number of carbonyl (C=O) groups is 2. The lowest BCUT2D eigenvalue weighted by Gasteiger charge is -2.49. The van der Waals surface area contributed by atoms with Crippen LogP contribution in [0.2, 0.25) is 0 Å². The van der Waals surface area contributed by atoms with Crippen molar-refractivity contribution in [1.29, 1.82) is 0 Å². The molecular formula is C14H24N2O4S. The Morgan fingerprint density at radius 3 is 2.29 bits per heavy atom. The van der Waals surface area contributed by atoms with Crippen LogP contribution in [0.15, 0.2) is 0 Å². The molecule has 0 radical (unpaired) electrons. The van der Waals surface area contributed by atoms with E-state index in [2.05, 4.69) is 5.32 Å². The normalized spacial score (nSPS) is 29.4. The van der Waals surface area contributed by atoms with Crippen molar-refractivity contribution in [2.24, 2.45) is 5.92 Å². The molecule has 1 heterocycles. The van der Waals surface area contributed by atoms with Crippen LogP contribution in [0.4, 0.5) is 0 Å². The lowest BCUT2D eigenvalue weighted by Crippen LogP contribution is -2.74. The second kappa shape index (κ2) is 4.97. The summed E-state index contributed by atoms with van der Waals surface area (Å²) in [6.45, 7) is 6.73. The Morgan fingerprint density at radius 2 is 1.81 bits per heavy atom. The summed E-state index contributed by atoms with van der Waals surface area (Å²) in [7, 11) is -3.18. The molecule has 1 saturated heterocycles. The van der Waals surface area contributed by atoms with E-state index in [0.717, 1.165) is 12.8 Å². The van der Waals surface area contributed by atoms with E-state index < -0.39 is 20.9 Å². The van der Waals surface area contributed by atoms with Crippen molar-refractivity contribution in [1.82, 2.24) is 10.2 Å². The molecule has 1 aliphatic heterocycles. The predicted octanol–water partition coefficient (Wildman–Crippen LogP) is 0.327. The van der Waals surface area contributed by atoms with Crippen LogP contribution in [-0.2, 0) is 19.4 Å². The van der Waals surface area contributed by atoms with Crippen molar-refractivity contribution in [3.8, 4) is 0 Å². The number of piperazine rings is 1. The minimum atomic E-state index is -3.18. The number of nitrogens with one attached hydrogen (secondary N) is 1. The summed E-state index contributed by atoms with van der Waals surface area (Å²) in [5, 5.41) is 2.78. The third-order valence-corrected chi connectivity index (χ3v) is 6.35. The van der Waals surface area contributed by atoms with Gasteiger partial charge in [0.05, 0.1) is 5.75 Å². The maximum Gasteiger partial charge on any atom is 0.248 e. The molecule has 1 N–H and O–H groups in total. The van der Waals surface area contributed by atoms with Crippen molar-refractivity contribution in [2.45, 2.75) is 51.6 Å². The molecule has 0 bridgehead atoms. The van der Waals surface area contributed by atoms with Crippen molar-refractivity contribution >= 4 is 21.7 Å². The van der Waals surface area contributed by atoms with Crippen molar-refractivity contribution in [2.75, 3.05) is 18.1 Å². The predicted molar refractivity (Wildman–Crippen MR) is 79.4 cm³/mol. The number of rotatable bonds is 5. The summed E-state index contributed by atoms with van der Waals surface area (Å²) in [6, 6.07) is 0. The molecular weight excluding hydrogens is 292 g/mol. The Morgan fingerprint density at radius 1 is 1.24 bits per heavy atom. The molecule has 1 saturated carbocycles. The number of amides is 2. The van der Waals surface area contributed by atoms with Gasteiger partial charge in [0.2, 0.25) is 11.8 Å². The monoisotopic (exact) mass is 316 g/mol. The zero-order valence-electron chi connectivity index (χ0n) is 13.1. The molecule has 120 valence electrons. The van der Waals surface area contributed by atoms with Crippen LogP contribution in [0.25, 0.3) is 0 Å². The molecule has 0 aromatic rings. The Bertz CT molecular complexity index is 566. The van der Waals surface area contributed by atoms with Gasteiger partial charge < -0.3 is 10.2 Å². The van der Waals surface area contributed by atoms with E-state index in [4.69, 9.17) is 0 Å². The molecule has 1 aliphatic carbocycles. The first-order valence-corrected chi connectivity index (χ1v) is 9.22. The minimum Gasteiger partial charge on any atom is -0.340 e. The van der Waals surface area contributed by atoms with Crippen molar-refractivity contribution < 1.29 is 18.0 Å². The van der Waals surface area contributed by atoms with Gasteiger partial charge in [-0.15, -0.1) is 0 Å². The molecule has 2 amide bonds. The Kier molecular flexibility index (Phi) is 3.85. The molecule has 7 heteroatoms. The highest BCUT2D eigenvalue weighted by Gasteiger charge is 2.58. The SMILES string of the molecule is CCS(=O)(=O)CCN1C(=O)C(C)(C)NC(=O)C1(C)C1CC1. The zero-order valence-corrected chi connectivity index (χ0v) is 13.9. The Balaban J connectivity index is 2.30.